The monoisotopic (exact) mass is 185 g/mol. The quantitative estimate of drug-likeness (QED) is 0.722. The second-order valence-corrected chi connectivity index (χ2v) is 2.80. The number of benzene rings is 1. The minimum Gasteiger partial charge on any atom is -0.372 e. The Balaban J connectivity index is 0.000000720. The summed E-state index contributed by atoms with van der Waals surface area (Å²) in [6.45, 7) is 2.14. The lowest BCUT2D eigenvalue weighted by Crippen LogP contribution is -1.96. The lowest BCUT2D eigenvalue weighted by atomic mass is 10.1. The van der Waals surface area contributed by atoms with E-state index in [1.807, 2.05) is 0 Å². The zero-order chi connectivity index (χ0) is 7.68. The number of nitrogens with two attached hydrogens (primary N) is 1. The molecule has 0 bridgehead atoms. The third kappa shape index (κ3) is 1.61. The molecule has 66 valence electrons. The zero-order valence-electron chi connectivity index (χ0n) is 6.75. The molecule has 0 spiro atoms. The molecule has 0 aromatic heterocycles. The molecule has 0 saturated heterocycles. The van der Waals surface area contributed by atoms with Crippen LogP contribution in [0.2, 0.25) is 0 Å². The van der Waals surface area contributed by atoms with Crippen molar-refractivity contribution in [3.63, 3.8) is 0 Å². The van der Waals surface area contributed by atoms with E-state index in [-0.39, 0.29) is 12.4 Å². The highest BCUT2D eigenvalue weighted by molar-refractivity contribution is 5.85. The Kier molecular flexibility index (Phi) is 3.09. The van der Waals surface area contributed by atoms with Gasteiger partial charge in [0.2, 0.25) is 0 Å². The predicted molar refractivity (Wildman–Crippen MR) is 50.1 cm³/mol. The van der Waals surface area contributed by atoms with Crippen molar-refractivity contribution >= 4 is 12.4 Å². The molecule has 0 amide bonds. The maximum Gasteiger partial charge on any atom is 0.0725 e. The maximum absolute atomic E-state index is 5.50. The molecule has 12 heavy (non-hydrogen) atoms. The van der Waals surface area contributed by atoms with Crippen LogP contribution < -0.4 is 5.73 Å². The van der Waals surface area contributed by atoms with Gasteiger partial charge in [-0.2, -0.15) is 0 Å². The second-order valence-electron chi connectivity index (χ2n) is 2.80. The molecule has 0 unspecified atom stereocenters. The topological polar surface area (TPSA) is 35.2 Å². The number of halogens is 1. The first-order valence-corrected chi connectivity index (χ1v) is 3.78. The number of hydrogen-bond donors (Lipinski definition) is 1. The van der Waals surface area contributed by atoms with Crippen LogP contribution in [0, 0.1) is 0 Å². The average molecular weight is 186 g/mol. The molecule has 1 aromatic rings. The van der Waals surface area contributed by atoms with Crippen molar-refractivity contribution in [1.29, 1.82) is 0 Å². The number of ether oxygens (including phenoxy) is 1. The molecule has 1 heterocycles. The van der Waals surface area contributed by atoms with Gasteiger partial charge < -0.3 is 10.5 Å². The normalized spacial score (nSPS) is 13.8. The first-order chi connectivity index (χ1) is 5.40. The van der Waals surface area contributed by atoms with Crippen LogP contribution in [0.5, 0.6) is 0 Å². The lowest BCUT2D eigenvalue weighted by Gasteiger charge is -1.99. The zero-order valence-corrected chi connectivity index (χ0v) is 7.56. The van der Waals surface area contributed by atoms with Crippen molar-refractivity contribution in [2.24, 2.45) is 5.73 Å². The fourth-order valence-electron chi connectivity index (χ4n) is 1.35. The van der Waals surface area contributed by atoms with Crippen LogP contribution in [0.25, 0.3) is 0 Å². The van der Waals surface area contributed by atoms with Crippen molar-refractivity contribution < 1.29 is 4.74 Å². The predicted octanol–water partition coefficient (Wildman–Crippen LogP) is 1.60. The Hall–Kier alpha value is -0.570. The molecule has 2 rings (SSSR count). The van der Waals surface area contributed by atoms with Gasteiger partial charge in [0.1, 0.15) is 0 Å². The van der Waals surface area contributed by atoms with Gasteiger partial charge >= 0.3 is 0 Å². The van der Waals surface area contributed by atoms with Gasteiger partial charge in [-0.25, -0.2) is 0 Å². The summed E-state index contributed by atoms with van der Waals surface area (Å²) in [5.74, 6) is 0. The third-order valence-corrected chi connectivity index (χ3v) is 2.02. The largest absolute Gasteiger partial charge is 0.372 e. The van der Waals surface area contributed by atoms with E-state index < -0.39 is 0 Å². The molecule has 0 atom stereocenters. The molecule has 1 aliphatic rings. The minimum absolute atomic E-state index is 0. The number of fused-ring (bicyclic) bond motifs is 1. The van der Waals surface area contributed by atoms with E-state index >= 15 is 0 Å². The van der Waals surface area contributed by atoms with Gasteiger partial charge in [0.15, 0.2) is 0 Å². The van der Waals surface area contributed by atoms with E-state index in [1.165, 1.54) is 16.7 Å². The SMILES string of the molecule is Cl.NCc1ccc2c(c1)COC2. The molecule has 0 radical (unpaired) electrons. The van der Waals surface area contributed by atoms with Crippen LogP contribution in [0.4, 0.5) is 0 Å². The van der Waals surface area contributed by atoms with Crippen LogP contribution >= 0.6 is 12.4 Å². The first-order valence-electron chi connectivity index (χ1n) is 3.78. The van der Waals surface area contributed by atoms with Crippen LogP contribution in [0.1, 0.15) is 16.7 Å². The highest BCUT2D eigenvalue weighted by Crippen LogP contribution is 2.20. The molecular weight excluding hydrogens is 174 g/mol. The van der Waals surface area contributed by atoms with Crippen LogP contribution in [0.15, 0.2) is 18.2 Å². The van der Waals surface area contributed by atoms with Gasteiger partial charge in [0.05, 0.1) is 13.2 Å². The Morgan fingerprint density at radius 1 is 1.25 bits per heavy atom. The molecule has 1 aliphatic heterocycles. The fraction of sp³-hybridized carbons (Fsp3) is 0.333. The summed E-state index contributed by atoms with van der Waals surface area (Å²) in [4.78, 5) is 0. The Morgan fingerprint density at radius 3 is 2.75 bits per heavy atom. The van der Waals surface area contributed by atoms with Gasteiger partial charge in [0, 0.05) is 6.54 Å². The van der Waals surface area contributed by atoms with Crippen molar-refractivity contribution in [1.82, 2.24) is 0 Å². The summed E-state index contributed by atoms with van der Waals surface area (Å²) in [6, 6.07) is 6.29. The smallest absolute Gasteiger partial charge is 0.0725 e. The van der Waals surface area contributed by atoms with E-state index in [4.69, 9.17) is 10.5 Å². The van der Waals surface area contributed by atoms with Gasteiger partial charge in [-0.1, -0.05) is 18.2 Å². The molecule has 0 fully saturated rings. The summed E-state index contributed by atoms with van der Waals surface area (Å²) >= 11 is 0. The number of rotatable bonds is 1. The highest BCUT2D eigenvalue weighted by atomic mass is 35.5. The summed E-state index contributed by atoms with van der Waals surface area (Å²) in [6.07, 6.45) is 0. The van der Waals surface area contributed by atoms with Crippen LogP contribution in [0.3, 0.4) is 0 Å². The van der Waals surface area contributed by atoms with E-state index in [0.717, 1.165) is 13.2 Å². The molecule has 0 aliphatic carbocycles. The first kappa shape index (κ1) is 9.52. The van der Waals surface area contributed by atoms with Gasteiger partial charge in [0.25, 0.3) is 0 Å². The lowest BCUT2D eigenvalue weighted by molar-refractivity contribution is 0.134. The molecule has 3 heteroatoms. The third-order valence-electron chi connectivity index (χ3n) is 2.02. The molecule has 0 saturated carbocycles. The van der Waals surface area contributed by atoms with Gasteiger partial charge in [-0.3, -0.25) is 0 Å². The minimum atomic E-state index is 0. The number of hydrogen-bond acceptors (Lipinski definition) is 2. The average Bonchev–Trinajstić information content (AvgIpc) is 2.50. The summed E-state index contributed by atoms with van der Waals surface area (Å²) < 4.78 is 5.27. The summed E-state index contributed by atoms with van der Waals surface area (Å²) in [5, 5.41) is 0. The van der Waals surface area contributed by atoms with E-state index in [0.29, 0.717) is 6.54 Å². The fourth-order valence-corrected chi connectivity index (χ4v) is 1.35. The summed E-state index contributed by atoms with van der Waals surface area (Å²) in [5.41, 5.74) is 9.30. The van der Waals surface area contributed by atoms with Crippen molar-refractivity contribution in [3.8, 4) is 0 Å². The Bertz CT molecular complexity index is 275. The van der Waals surface area contributed by atoms with E-state index in [9.17, 15) is 0 Å². The molecule has 2 nitrogen and oxygen atoms in total. The molecule has 2 N–H and O–H groups in total. The Morgan fingerprint density at radius 2 is 2.00 bits per heavy atom. The van der Waals surface area contributed by atoms with Crippen LogP contribution in [-0.4, -0.2) is 0 Å². The maximum atomic E-state index is 5.50. The van der Waals surface area contributed by atoms with Crippen molar-refractivity contribution in [2.45, 2.75) is 19.8 Å². The Labute approximate surface area is 78.1 Å². The molecule has 1 aromatic carbocycles. The van der Waals surface area contributed by atoms with E-state index in [1.54, 1.807) is 0 Å². The summed E-state index contributed by atoms with van der Waals surface area (Å²) in [7, 11) is 0. The van der Waals surface area contributed by atoms with Crippen molar-refractivity contribution in [2.75, 3.05) is 0 Å². The van der Waals surface area contributed by atoms with Gasteiger partial charge in [-0.05, 0) is 16.7 Å². The highest BCUT2D eigenvalue weighted by Gasteiger charge is 2.09. The van der Waals surface area contributed by atoms with Crippen LogP contribution in [-0.2, 0) is 24.5 Å². The second kappa shape index (κ2) is 3.90. The van der Waals surface area contributed by atoms with Crippen molar-refractivity contribution in [3.05, 3.63) is 34.9 Å². The standard InChI is InChI=1S/C9H11NO.ClH/c10-4-7-1-2-8-5-11-6-9(8)3-7;/h1-3H,4-6,10H2;1H. The van der Waals surface area contributed by atoms with E-state index in [2.05, 4.69) is 18.2 Å². The van der Waals surface area contributed by atoms with Gasteiger partial charge in [-0.15, -0.1) is 12.4 Å². The molecular formula is C9H12ClNO.